The molecule has 0 spiro atoms. The molecule has 0 radical (unpaired) electrons. The van der Waals surface area contributed by atoms with Gasteiger partial charge in [-0.1, -0.05) is 18.2 Å². The molecule has 22 heavy (non-hydrogen) atoms. The van der Waals surface area contributed by atoms with Crippen molar-refractivity contribution in [2.75, 3.05) is 25.0 Å². The molecule has 0 unspecified atom stereocenters. The second kappa shape index (κ2) is 5.67. The SMILES string of the molecule is C[C@H]1NC(=O)[C@H]2CN(C(=O)Nc3ccccc3)CCN2C1=O. The number of hydrogen-bond donors (Lipinski definition) is 2. The fourth-order valence-corrected chi connectivity index (χ4v) is 2.80. The van der Waals surface area contributed by atoms with Gasteiger partial charge in [0.25, 0.3) is 0 Å². The van der Waals surface area contributed by atoms with Crippen molar-refractivity contribution in [1.29, 1.82) is 0 Å². The third-order valence-electron chi connectivity index (χ3n) is 4.01. The van der Waals surface area contributed by atoms with E-state index in [-0.39, 0.29) is 24.4 Å². The lowest BCUT2D eigenvalue weighted by Crippen LogP contribution is -2.69. The van der Waals surface area contributed by atoms with Crippen molar-refractivity contribution in [2.45, 2.75) is 19.0 Å². The van der Waals surface area contributed by atoms with Gasteiger partial charge in [-0.05, 0) is 19.1 Å². The van der Waals surface area contributed by atoms with Gasteiger partial charge in [0.2, 0.25) is 11.8 Å². The van der Waals surface area contributed by atoms with E-state index in [9.17, 15) is 14.4 Å². The number of carbonyl (C=O) groups is 3. The smallest absolute Gasteiger partial charge is 0.321 e. The summed E-state index contributed by atoms with van der Waals surface area (Å²) in [7, 11) is 0. The Hall–Kier alpha value is -2.57. The van der Waals surface area contributed by atoms with Gasteiger partial charge in [0.15, 0.2) is 0 Å². The molecule has 7 nitrogen and oxygen atoms in total. The first-order valence-corrected chi connectivity index (χ1v) is 7.28. The van der Waals surface area contributed by atoms with Crippen LogP contribution in [0.25, 0.3) is 0 Å². The molecule has 0 aliphatic carbocycles. The molecule has 2 aliphatic heterocycles. The molecular formula is C15H18N4O3. The van der Waals surface area contributed by atoms with Crippen molar-refractivity contribution >= 4 is 23.5 Å². The molecule has 4 amide bonds. The van der Waals surface area contributed by atoms with Crippen LogP contribution in [0.4, 0.5) is 10.5 Å². The highest BCUT2D eigenvalue weighted by molar-refractivity contribution is 5.98. The third kappa shape index (κ3) is 2.61. The van der Waals surface area contributed by atoms with E-state index in [2.05, 4.69) is 10.6 Å². The summed E-state index contributed by atoms with van der Waals surface area (Å²) in [4.78, 5) is 39.5. The minimum atomic E-state index is -0.598. The molecule has 0 bridgehead atoms. The molecule has 2 fully saturated rings. The van der Waals surface area contributed by atoms with Crippen molar-refractivity contribution in [3.05, 3.63) is 30.3 Å². The van der Waals surface area contributed by atoms with Crippen LogP contribution in [0.3, 0.4) is 0 Å². The van der Waals surface area contributed by atoms with Crippen LogP contribution in [0.5, 0.6) is 0 Å². The molecular weight excluding hydrogens is 284 g/mol. The molecule has 7 heteroatoms. The maximum Gasteiger partial charge on any atom is 0.321 e. The van der Waals surface area contributed by atoms with E-state index in [1.807, 2.05) is 18.2 Å². The number of fused-ring (bicyclic) bond motifs is 1. The zero-order valence-electron chi connectivity index (χ0n) is 12.3. The molecule has 1 aromatic carbocycles. The van der Waals surface area contributed by atoms with Crippen LogP contribution in [0.15, 0.2) is 30.3 Å². The maximum absolute atomic E-state index is 12.3. The Kier molecular flexibility index (Phi) is 3.70. The van der Waals surface area contributed by atoms with Gasteiger partial charge in [-0.15, -0.1) is 0 Å². The summed E-state index contributed by atoms with van der Waals surface area (Å²) in [5.74, 6) is -0.294. The lowest BCUT2D eigenvalue weighted by atomic mass is 10.1. The third-order valence-corrected chi connectivity index (χ3v) is 4.01. The van der Waals surface area contributed by atoms with Crippen LogP contribution in [-0.4, -0.2) is 59.4 Å². The summed E-state index contributed by atoms with van der Waals surface area (Å²) in [6.45, 7) is 2.68. The Bertz CT molecular complexity index is 604. The van der Waals surface area contributed by atoms with Crippen LogP contribution in [0.1, 0.15) is 6.92 Å². The number of benzene rings is 1. The Labute approximate surface area is 128 Å². The monoisotopic (exact) mass is 302 g/mol. The van der Waals surface area contributed by atoms with Crippen LogP contribution in [0, 0.1) is 0 Å². The molecule has 2 N–H and O–H groups in total. The average Bonchev–Trinajstić information content (AvgIpc) is 2.53. The largest absolute Gasteiger partial charge is 0.343 e. The van der Waals surface area contributed by atoms with E-state index in [0.29, 0.717) is 18.8 Å². The minimum absolute atomic E-state index is 0.0901. The van der Waals surface area contributed by atoms with Crippen molar-refractivity contribution in [2.24, 2.45) is 0 Å². The average molecular weight is 302 g/mol. The van der Waals surface area contributed by atoms with Crippen LogP contribution >= 0.6 is 0 Å². The van der Waals surface area contributed by atoms with Crippen molar-refractivity contribution in [3.8, 4) is 0 Å². The molecule has 2 atom stereocenters. The van der Waals surface area contributed by atoms with Crippen LogP contribution in [0.2, 0.25) is 0 Å². The minimum Gasteiger partial charge on any atom is -0.343 e. The first-order valence-electron chi connectivity index (χ1n) is 7.28. The number of amides is 4. The number of hydrogen-bond acceptors (Lipinski definition) is 3. The molecule has 0 saturated carbocycles. The summed E-state index contributed by atoms with van der Waals surface area (Å²) in [5, 5.41) is 5.44. The van der Waals surface area contributed by atoms with Gasteiger partial charge in [-0.3, -0.25) is 9.59 Å². The number of carbonyl (C=O) groups excluding carboxylic acids is 3. The summed E-state index contributed by atoms with van der Waals surface area (Å²) in [6.07, 6.45) is 0. The number of nitrogens with zero attached hydrogens (tertiary/aromatic N) is 2. The van der Waals surface area contributed by atoms with Gasteiger partial charge in [-0.2, -0.15) is 0 Å². The molecule has 3 rings (SSSR count). The number of urea groups is 1. The number of nitrogens with one attached hydrogen (secondary N) is 2. The fourth-order valence-electron chi connectivity index (χ4n) is 2.80. The summed E-state index contributed by atoms with van der Waals surface area (Å²) >= 11 is 0. The standard InChI is InChI=1S/C15H18N4O3/c1-10-14(21)19-8-7-18(9-12(19)13(20)16-10)15(22)17-11-5-3-2-4-6-11/h2-6,10,12H,7-9H2,1H3,(H,16,20)(H,17,22)/t10-,12-/m1/s1. The molecule has 0 aromatic heterocycles. The van der Waals surface area contributed by atoms with Gasteiger partial charge in [0.05, 0.1) is 6.54 Å². The number of para-hydroxylation sites is 1. The maximum atomic E-state index is 12.3. The van der Waals surface area contributed by atoms with E-state index in [1.165, 1.54) is 0 Å². The zero-order valence-corrected chi connectivity index (χ0v) is 12.3. The molecule has 2 saturated heterocycles. The van der Waals surface area contributed by atoms with E-state index >= 15 is 0 Å². The van der Waals surface area contributed by atoms with E-state index in [4.69, 9.17) is 0 Å². The Balaban J connectivity index is 1.67. The highest BCUT2D eigenvalue weighted by atomic mass is 16.2. The van der Waals surface area contributed by atoms with E-state index in [0.717, 1.165) is 0 Å². The summed E-state index contributed by atoms with van der Waals surface area (Å²) < 4.78 is 0. The zero-order chi connectivity index (χ0) is 15.7. The van der Waals surface area contributed by atoms with Gasteiger partial charge >= 0.3 is 6.03 Å². The van der Waals surface area contributed by atoms with Gasteiger partial charge in [0, 0.05) is 18.8 Å². The fraction of sp³-hybridized carbons (Fsp3) is 0.400. The lowest BCUT2D eigenvalue weighted by molar-refractivity contribution is -0.151. The van der Waals surface area contributed by atoms with Crippen LogP contribution in [-0.2, 0) is 9.59 Å². The molecule has 116 valence electrons. The van der Waals surface area contributed by atoms with Crippen molar-refractivity contribution in [3.63, 3.8) is 0 Å². The van der Waals surface area contributed by atoms with Crippen molar-refractivity contribution < 1.29 is 14.4 Å². The second-order valence-corrected chi connectivity index (χ2v) is 5.52. The quantitative estimate of drug-likeness (QED) is 0.780. The number of rotatable bonds is 1. The number of piperazine rings is 2. The van der Waals surface area contributed by atoms with E-state index in [1.54, 1.807) is 28.9 Å². The normalized spacial score (nSPS) is 24.6. The highest BCUT2D eigenvalue weighted by Gasteiger charge is 2.42. The Morgan fingerprint density at radius 1 is 1.23 bits per heavy atom. The molecule has 1 aromatic rings. The Morgan fingerprint density at radius 2 is 1.95 bits per heavy atom. The van der Waals surface area contributed by atoms with Crippen LogP contribution < -0.4 is 10.6 Å². The molecule has 2 aliphatic rings. The highest BCUT2D eigenvalue weighted by Crippen LogP contribution is 2.17. The predicted octanol–water partition coefficient (Wildman–Crippen LogP) is 0.250. The predicted molar refractivity (Wildman–Crippen MR) is 80.1 cm³/mol. The Morgan fingerprint density at radius 3 is 2.68 bits per heavy atom. The van der Waals surface area contributed by atoms with Gasteiger partial charge < -0.3 is 20.4 Å². The lowest BCUT2D eigenvalue weighted by Gasteiger charge is -2.44. The summed E-state index contributed by atoms with van der Waals surface area (Å²) in [5.41, 5.74) is 0.702. The first kappa shape index (κ1) is 14.4. The van der Waals surface area contributed by atoms with Gasteiger partial charge in [-0.25, -0.2) is 4.79 Å². The topological polar surface area (TPSA) is 81.8 Å². The molecule has 2 heterocycles. The van der Waals surface area contributed by atoms with Gasteiger partial charge in [0.1, 0.15) is 12.1 Å². The summed E-state index contributed by atoms with van der Waals surface area (Å²) in [6, 6.07) is 7.79. The first-order chi connectivity index (χ1) is 10.6. The number of anilines is 1. The second-order valence-electron chi connectivity index (χ2n) is 5.52. The van der Waals surface area contributed by atoms with Crippen molar-refractivity contribution in [1.82, 2.24) is 15.1 Å². The van der Waals surface area contributed by atoms with E-state index < -0.39 is 12.1 Å².